The van der Waals surface area contributed by atoms with Gasteiger partial charge >= 0.3 is 0 Å². The summed E-state index contributed by atoms with van der Waals surface area (Å²) in [6.07, 6.45) is 2.31. The largest absolute Gasteiger partial charge is 0.273 e. The lowest BCUT2D eigenvalue weighted by molar-refractivity contribution is -0.384. The van der Waals surface area contributed by atoms with E-state index in [-0.39, 0.29) is 23.4 Å². The number of nitrogens with zero attached hydrogens (tertiary/aromatic N) is 2. The average molecular weight is 309 g/mol. The van der Waals surface area contributed by atoms with E-state index in [2.05, 4.69) is 10.5 Å². The summed E-state index contributed by atoms with van der Waals surface area (Å²) in [6, 6.07) is 15.9. The van der Waals surface area contributed by atoms with Gasteiger partial charge in [0.1, 0.15) is 0 Å². The molecule has 0 unspecified atom stereocenters. The summed E-state index contributed by atoms with van der Waals surface area (Å²) in [5.74, 6) is 0.134. The molecule has 3 rings (SSSR count). The predicted octanol–water partition coefficient (Wildman–Crippen LogP) is 2.85. The van der Waals surface area contributed by atoms with Gasteiger partial charge in [-0.25, -0.2) is 5.43 Å². The molecule has 116 valence electrons. The maximum atomic E-state index is 12.0. The van der Waals surface area contributed by atoms with Gasteiger partial charge in [0.25, 0.3) is 5.69 Å². The van der Waals surface area contributed by atoms with Crippen molar-refractivity contribution >= 4 is 17.8 Å². The van der Waals surface area contributed by atoms with Gasteiger partial charge in [-0.1, -0.05) is 30.3 Å². The quantitative estimate of drug-likeness (QED) is 0.523. The zero-order valence-corrected chi connectivity index (χ0v) is 12.3. The molecule has 1 saturated carbocycles. The van der Waals surface area contributed by atoms with Crippen molar-refractivity contribution in [3.63, 3.8) is 0 Å². The number of amides is 1. The first-order valence-electron chi connectivity index (χ1n) is 7.27. The second kappa shape index (κ2) is 6.39. The Morgan fingerprint density at radius 3 is 2.52 bits per heavy atom. The van der Waals surface area contributed by atoms with E-state index in [9.17, 15) is 14.9 Å². The molecule has 0 spiro atoms. The van der Waals surface area contributed by atoms with Crippen LogP contribution >= 0.6 is 0 Å². The highest BCUT2D eigenvalue weighted by Crippen LogP contribution is 2.47. The molecule has 1 fully saturated rings. The Morgan fingerprint density at radius 2 is 1.87 bits per heavy atom. The van der Waals surface area contributed by atoms with Crippen LogP contribution in [0.4, 0.5) is 5.69 Å². The van der Waals surface area contributed by atoms with Gasteiger partial charge in [0.15, 0.2) is 0 Å². The van der Waals surface area contributed by atoms with Crippen molar-refractivity contribution in [2.75, 3.05) is 0 Å². The highest BCUT2D eigenvalue weighted by atomic mass is 16.6. The van der Waals surface area contributed by atoms with E-state index in [0.29, 0.717) is 5.56 Å². The minimum absolute atomic E-state index is 0.0230. The van der Waals surface area contributed by atoms with Gasteiger partial charge in [0, 0.05) is 18.1 Å². The first kappa shape index (κ1) is 14.9. The number of nitro benzene ring substituents is 1. The molecule has 1 N–H and O–H groups in total. The number of benzene rings is 2. The van der Waals surface area contributed by atoms with Gasteiger partial charge in [-0.15, -0.1) is 0 Å². The predicted molar refractivity (Wildman–Crippen MR) is 86.1 cm³/mol. The van der Waals surface area contributed by atoms with Gasteiger partial charge in [0.2, 0.25) is 5.91 Å². The number of non-ortho nitro benzene ring substituents is 1. The molecule has 23 heavy (non-hydrogen) atoms. The van der Waals surface area contributed by atoms with Crippen LogP contribution in [0.2, 0.25) is 0 Å². The lowest BCUT2D eigenvalue weighted by Crippen LogP contribution is -2.20. The molecule has 2 atom stereocenters. The van der Waals surface area contributed by atoms with Gasteiger partial charge in [-0.05, 0) is 35.6 Å². The summed E-state index contributed by atoms with van der Waals surface area (Å²) in [5.41, 5.74) is 4.41. The van der Waals surface area contributed by atoms with Crippen molar-refractivity contribution in [2.45, 2.75) is 12.3 Å². The Morgan fingerprint density at radius 1 is 1.17 bits per heavy atom. The van der Waals surface area contributed by atoms with Crippen LogP contribution in [-0.2, 0) is 4.79 Å². The third-order valence-corrected chi connectivity index (χ3v) is 3.85. The minimum atomic E-state index is -0.459. The SMILES string of the molecule is O=C(N/N=C\c1ccc([N+](=O)[O-])cc1)[C@@H]1C[C@H]1c1ccccc1. The summed E-state index contributed by atoms with van der Waals surface area (Å²) < 4.78 is 0. The first-order valence-corrected chi connectivity index (χ1v) is 7.27. The minimum Gasteiger partial charge on any atom is -0.273 e. The van der Waals surface area contributed by atoms with E-state index in [4.69, 9.17) is 0 Å². The highest BCUT2D eigenvalue weighted by molar-refractivity contribution is 5.85. The van der Waals surface area contributed by atoms with E-state index in [1.165, 1.54) is 23.9 Å². The van der Waals surface area contributed by atoms with Gasteiger partial charge in [-0.3, -0.25) is 14.9 Å². The fourth-order valence-corrected chi connectivity index (χ4v) is 2.49. The van der Waals surface area contributed by atoms with Crippen LogP contribution in [0.1, 0.15) is 23.5 Å². The summed E-state index contributed by atoms with van der Waals surface area (Å²) in [5, 5.41) is 14.5. The summed E-state index contributed by atoms with van der Waals surface area (Å²) in [7, 11) is 0. The van der Waals surface area contributed by atoms with Gasteiger partial charge < -0.3 is 0 Å². The van der Waals surface area contributed by atoms with E-state index in [1.54, 1.807) is 12.1 Å². The summed E-state index contributed by atoms with van der Waals surface area (Å²) >= 11 is 0. The van der Waals surface area contributed by atoms with E-state index >= 15 is 0 Å². The van der Waals surface area contributed by atoms with Crippen molar-refractivity contribution in [2.24, 2.45) is 11.0 Å². The van der Waals surface area contributed by atoms with Crippen LogP contribution in [0.3, 0.4) is 0 Å². The molecule has 0 aliphatic heterocycles. The second-order valence-corrected chi connectivity index (χ2v) is 5.44. The molecule has 1 aliphatic rings. The number of hydrogen-bond acceptors (Lipinski definition) is 4. The molecule has 0 aromatic heterocycles. The van der Waals surface area contributed by atoms with Crippen LogP contribution in [0.15, 0.2) is 59.7 Å². The molecule has 0 bridgehead atoms. The normalized spacial score (nSPS) is 19.5. The average Bonchev–Trinajstić information content (AvgIpc) is 3.37. The zero-order valence-electron chi connectivity index (χ0n) is 12.3. The number of hydrogen-bond donors (Lipinski definition) is 1. The molecular weight excluding hydrogens is 294 g/mol. The van der Waals surface area contributed by atoms with Crippen LogP contribution < -0.4 is 5.43 Å². The molecule has 0 heterocycles. The van der Waals surface area contributed by atoms with Crippen molar-refractivity contribution in [1.29, 1.82) is 0 Å². The van der Waals surface area contributed by atoms with Crippen molar-refractivity contribution in [1.82, 2.24) is 5.43 Å². The number of hydrazone groups is 1. The topological polar surface area (TPSA) is 84.6 Å². The summed E-state index contributed by atoms with van der Waals surface area (Å²) in [4.78, 5) is 22.1. The van der Waals surface area contributed by atoms with E-state index in [1.807, 2.05) is 30.3 Å². The smallest absolute Gasteiger partial charge is 0.269 e. The Hall–Kier alpha value is -3.02. The van der Waals surface area contributed by atoms with E-state index < -0.39 is 4.92 Å². The Bertz CT molecular complexity index is 741. The van der Waals surface area contributed by atoms with Gasteiger partial charge in [0.05, 0.1) is 11.1 Å². The number of carbonyl (C=O) groups excluding carboxylic acids is 1. The van der Waals surface area contributed by atoms with Crippen molar-refractivity contribution in [3.05, 3.63) is 75.8 Å². The first-order chi connectivity index (χ1) is 11.1. The lowest BCUT2D eigenvalue weighted by Gasteiger charge is -2.00. The number of carbonyl (C=O) groups is 1. The fraction of sp³-hybridized carbons (Fsp3) is 0.176. The van der Waals surface area contributed by atoms with Crippen LogP contribution in [-0.4, -0.2) is 17.0 Å². The number of nitro groups is 1. The standard InChI is InChI=1S/C17H15N3O3/c21-17(16-10-15(16)13-4-2-1-3-5-13)19-18-11-12-6-8-14(9-7-12)20(22)23/h1-9,11,15-16H,10H2,(H,19,21)/b18-11-/t15-,16+/m0/s1. The number of rotatable bonds is 5. The Balaban J connectivity index is 1.52. The molecule has 1 amide bonds. The second-order valence-electron chi connectivity index (χ2n) is 5.44. The molecule has 6 heteroatoms. The highest BCUT2D eigenvalue weighted by Gasteiger charge is 2.43. The third-order valence-electron chi connectivity index (χ3n) is 3.85. The maximum absolute atomic E-state index is 12.0. The van der Waals surface area contributed by atoms with Crippen molar-refractivity contribution < 1.29 is 9.72 Å². The van der Waals surface area contributed by atoms with Crippen LogP contribution in [0.5, 0.6) is 0 Å². The lowest BCUT2D eigenvalue weighted by atomic mass is 10.1. The molecule has 2 aromatic carbocycles. The molecule has 0 saturated heterocycles. The fourth-order valence-electron chi connectivity index (χ4n) is 2.49. The van der Waals surface area contributed by atoms with E-state index in [0.717, 1.165) is 6.42 Å². The molecule has 2 aromatic rings. The number of nitrogens with one attached hydrogen (secondary N) is 1. The Kier molecular flexibility index (Phi) is 4.14. The van der Waals surface area contributed by atoms with Crippen LogP contribution in [0.25, 0.3) is 0 Å². The Labute approximate surface area is 133 Å². The summed E-state index contributed by atoms with van der Waals surface area (Å²) in [6.45, 7) is 0. The molecular formula is C17H15N3O3. The molecule has 1 aliphatic carbocycles. The maximum Gasteiger partial charge on any atom is 0.269 e. The van der Waals surface area contributed by atoms with Crippen LogP contribution in [0, 0.1) is 16.0 Å². The van der Waals surface area contributed by atoms with Gasteiger partial charge in [-0.2, -0.15) is 5.10 Å². The monoisotopic (exact) mass is 309 g/mol. The van der Waals surface area contributed by atoms with Crippen molar-refractivity contribution in [3.8, 4) is 0 Å². The third kappa shape index (κ3) is 3.60. The zero-order chi connectivity index (χ0) is 16.2. The molecule has 0 radical (unpaired) electrons. The molecule has 6 nitrogen and oxygen atoms in total.